The van der Waals surface area contributed by atoms with Crippen LogP contribution in [0.1, 0.15) is 16.0 Å². The molecular weight excluding hydrogens is 368 g/mol. The van der Waals surface area contributed by atoms with E-state index in [2.05, 4.69) is 20.9 Å². The van der Waals surface area contributed by atoms with Crippen molar-refractivity contribution in [3.05, 3.63) is 53.8 Å². The van der Waals surface area contributed by atoms with Crippen molar-refractivity contribution in [2.75, 3.05) is 0 Å². The van der Waals surface area contributed by atoms with Crippen LogP contribution in [0.5, 0.6) is 0 Å². The molecule has 0 unspecified atom stereocenters. The summed E-state index contributed by atoms with van der Waals surface area (Å²) in [5.74, 6) is 0. The van der Waals surface area contributed by atoms with E-state index in [-0.39, 0.29) is 5.56 Å². The Hall–Kier alpha value is -1.24. The standard InChI is InChI=1S/C15H13BrN2OS2/c1-7-4-5-10(16)11(6-7)18-14(19)12-8(2)9(3)21-13(12)17-15(18)20/h4-6H,1-3H3,(H,17,20). The molecule has 0 fully saturated rings. The largest absolute Gasteiger partial charge is 0.323 e. The van der Waals surface area contributed by atoms with Crippen molar-refractivity contribution in [2.45, 2.75) is 20.8 Å². The van der Waals surface area contributed by atoms with Crippen LogP contribution in [0.2, 0.25) is 0 Å². The van der Waals surface area contributed by atoms with Gasteiger partial charge < -0.3 is 4.98 Å². The third-order valence-corrected chi connectivity index (χ3v) is 5.65. The third kappa shape index (κ3) is 2.31. The number of rotatable bonds is 1. The molecule has 0 amide bonds. The fourth-order valence-electron chi connectivity index (χ4n) is 2.34. The van der Waals surface area contributed by atoms with Crippen molar-refractivity contribution < 1.29 is 0 Å². The molecule has 0 spiro atoms. The number of fused-ring (bicyclic) bond motifs is 1. The highest BCUT2D eigenvalue weighted by molar-refractivity contribution is 9.10. The van der Waals surface area contributed by atoms with Gasteiger partial charge in [-0.25, -0.2) is 0 Å². The predicted molar refractivity (Wildman–Crippen MR) is 94.5 cm³/mol. The Morgan fingerprint density at radius 3 is 2.71 bits per heavy atom. The van der Waals surface area contributed by atoms with E-state index in [1.807, 2.05) is 39.0 Å². The molecule has 0 bridgehead atoms. The molecule has 6 heteroatoms. The lowest BCUT2D eigenvalue weighted by molar-refractivity contribution is 0.935. The summed E-state index contributed by atoms with van der Waals surface area (Å²) in [6, 6.07) is 5.88. The molecule has 3 aromatic rings. The number of halogens is 1. The van der Waals surface area contributed by atoms with Gasteiger partial charge in [0.25, 0.3) is 5.56 Å². The van der Waals surface area contributed by atoms with Gasteiger partial charge >= 0.3 is 0 Å². The fraction of sp³-hybridized carbons (Fsp3) is 0.200. The molecule has 0 atom stereocenters. The van der Waals surface area contributed by atoms with Gasteiger partial charge in [0, 0.05) is 9.35 Å². The summed E-state index contributed by atoms with van der Waals surface area (Å²) < 4.78 is 2.83. The van der Waals surface area contributed by atoms with Gasteiger partial charge in [0.1, 0.15) is 4.83 Å². The first-order valence-corrected chi connectivity index (χ1v) is 8.43. The minimum Gasteiger partial charge on any atom is -0.323 e. The minimum atomic E-state index is -0.0677. The second-order valence-electron chi connectivity index (χ2n) is 5.01. The van der Waals surface area contributed by atoms with Crippen molar-refractivity contribution in [1.82, 2.24) is 9.55 Å². The maximum atomic E-state index is 12.9. The van der Waals surface area contributed by atoms with Crippen LogP contribution >= 0.6 is 39.5 Å². The van der Waals surface area contributed by atoms with Gasteiger partial charge in [-0.1, -0.05) is 6.07 Å². The Balaban J connectivity index is 2.49. The van der Waals surface area contributed by atoms with Crippen molar-refractivity contribution in [2.24, 2.45) is 0 Å². The first-order valence-electron chi connectivity index (χ1n) is 6.41. The Labute approximate surface area is 139 Å². The number of thiophene rings is 1. The Morgan fingerprint density at radius 1 is 1.29 bits per heavy atom. The average Bonchev–Trinajstić information content (AvgIpc) is 2.69. The summed E-state index contributed by atoms with van der Waals surface area (Å²) in [5.41, 5.74) is 2.80. The van der Waals surface area contributed by atoms with Gasteiger partial charge in [0.15, 0.2) is 4.77 Å². The lowest BCUT2D eigenvalue weighted by atomic mass is 10.2. The minimum absolute atomic E-state index is 0.0677. The summed E-state index contributed by atoms with van der Waals surface area (Å²) in [4.78, 5) is 18.1. The fourth-order valence-corrected chi connectivity index (χ4v) is 4.17. The molecule has 21 heavy (non-hydrogen) atoms. The molecule has 0 saturated heterocycles. The molecule has 2 aromatic heterocycles. The van der Waals surface area contributed by atoms with E-state index in [1.165, 1.54) is 0 Å². The summed E-state index contributed by atoms with van der Waals surface area (Å²) in [5, 5.41) is 0.722. The topological polar surface area (TPSA) is 37.8 Å². The second kappa shape index (κ2) is 5.19. The van der Waals surface area contributed by atoms with Crippen LogP contribution in [0, 0.1) is 25.5 Å². The van der Waals surface area contributed by atoms with E-state index in [0.717, 1.165) is 36.4 Å². The number of nitrogens with zero attached hydrogens (tertiary/aromatic N) is 1. The van der Waals surface area contributed by atoms with E-state index < -0.39 is 0 Å². The molecule has 0 radical (unpaired) electrons. The lowest BCUT2D eigenvalue weighted by Gasteiger charge is -2.10. The highest BCUT2D eigenvalue weighted by Crippen LogP contribution is 2.27. The molecule has 108 valence electrons. The zero-order chi connectivity index (χ0) is 15.3. The third-order valence-electron chi connectivity index (χ3n) is 3.57. The molecular formula is C15H13BrN2OS2. The number of H-pyrrole nitrogens is 1. The van der Waals surface area contributed by atoms with E-state index in [9.17, 15) is 4.79 Å². The Bertz CT molecular complexity index is 982. The van der Waals surface area contributed by atoms with Gasteiger partial charge in [0.2, 0.25) is 0 Å². The zero-order valence-corrected chi connectivity index (χ0v) is 15.0. The molecule has 0 aliphatic heterocycles. The molecule has 0 aliphatic rings. The monoisotopic (exact) mass is 380 g/mol. The van der Waals surface area contributed by atoms with E-state index in [4.69, 9.17) is 12.2 Å². The molecule has 3 nitrogen and oxygen atoms in total. The van der Waals surface area contributed by atoms with Gasteiger partial charge in [-0.3, -0.25) is 9.36 Å². The molecule has 1 N–H and O–H groups in total. The van der Waals surface area contributed by atoms with Crippen LogP contribution in [0.3, 0.4) is 0 Å². The van der Waals surface area contributed by atoms with E-state index in [0.29, 0.717) is 4.77 Å². The molecule has 0 aliphatic carbocycles. The quantitative estimate of drug-likeness (QED) is 0.615. The first-order chi connectivity index (χ1) is 9.90. The molecule has 2 heterocycles. The highest BCUT2D eigenvalue weighted by atomic mass is 79.9. The maximum absolute atomic E-state index is 12.9. The predicted octanol–water partition coefficient (Wildman–Crippen LogP) is 4.80. The summed E-state index contributed by atoms with van der Waals surface area (Å²) in [6.07, 6.45) is 0. The summed E-state index contributed by atoms with van der Waals surface area (Å²) >= 11 is 10.5. The normalized spacial score (nSPS) is 11.2. The number of aromatic nitrogens is 2. The van der Waals surface area contributed by atoms with E-state index >= 15 is 0 Å². The van der Waals surface area contributed by atoms with Gasteiger partial charge in [-0.05, 0) is 72.2 Å². The number of aryl methyl sites for hydroxylation is 3. The highest BCUT2D eigenvalue weighted by Gasteiger charge is 2.15. The lowest BCUT2D eigenvalue weighted by Crippen LogP contribution is -2.20. The first kappa shape index (κ1) is 14.7. The van der Waals surface area contributed by atoms with Gasteiger partial charge in [0.05, 0.1) is 11.1 Å². The molecule has 0 saturated carbocycles. The summed E-state index contributed by atoms with van der Waals surface area (Å²) in [7, 11) is 0. The second-order valence-corrected chi connectivity index (χ2v) is 7.48. The van der Waals surface area contributed by atoms with Crippen LogP contribution in [-0.4, -0.2) is 9.55 Å². The number of hydrogen-bond donors (Lipinski definition) is 1. The van der Waals surface area contributed by atoms with Crippen molar-refractivity contribution in [3.8, 4) is 5.69 Å². The van der Waals surface area contributed by atoms with Crippen LogP contribution < -0.4 is 5.56 Å². The van der Waals surface area contributed by atoms with Crippen molar-refractivity contribution in [3.63, 3.8) is 0 Å². The van der Waals surface area contributed by atoms with Crippen molar-refractivity contribution >= 4 is 49.7 Å². The summed E-state index contributed by atoms with van der Waals surface area (Å²) in [6.45, 7) is 5.98. The van der Waals surface area contributed by atoms with Gasteiger partial charge in [-0.2, -0.15) is 0 Å². The molecule has 3 rings (SSSR count). The number of nitrogens with one attached hydrogen (secondary N) is 1. The Kier molecular flexibility index (Phi) is 3.63. The SMILES string of the molecule is Cc1ccc(Br)c(-n2c(=S)[nH]c3sc(C)c(C)c3c2=O)c1. The maximum Gasteiger partial charge on any atom is 0.267 e. The Morgan fingerprint density at radius 2 is 2.00 bits per heavy atom. The van der Waals surface area contributed by atoms with Crippen LogP contribution in [0.25, 0.3) is 15.9 Å². The van der Waals surface area contributed by atoms with Crippen molar-refractivity contribution in [1.29, 1.82) is 0 Å². The van der Waals surface area contributed by atoms with E-state index in [1.54, 1.807) is 15.9 Å². The van der Waals surface area contributed by atoms with Crippen LogP contribution in [0.4, 0.5) is 0 Å². The van der Waals surface area contributed by atoms with Crippen LogP contribution in [0.15, 0.2) is 27.5 Å². The number of benzene rings is 1. The zero-order valence-electron chi connectivity index (χ0n) is 11.8. The molecule has 1 aromatic carbocycles. The average molecular weight is 381 g/mol. The number of hydrogen-bond acceptors (Lipinski definition) is 3. The number of aromatic amines is 1. The van der Waals surface area contributed by atoms with Crippen LogP contribution in [-0.2, 0) is 0 Å². The smallest absolute Gasteiger partial charge is 0.267 e. The van der Waals surface area contributed by atoms with Gasteiger partial charge in [-0.15, -0.1) is 11.3 Å².